The summed E-state index contributed by atoms with van der Waals surface area (Å²) >= 11 is 0. The molecule has 1 aromatic carbocycles. The van der Waals surface area contributed by atoms with E-state index in [1.54, 1.807) is 25.6 Å². The molecule has 0 unspecified atom stereocenters. The quantitative estimate of drug-likeness (QED) is 0.366. The highest BCUT2D eigenvalue weighted by Gasteiger charge is 2.10. The number of likely N-dealkylation sites (N-methyl/N-ethyl adjacent to an activating group) is 1. The minimum Gasteiger partial charge on any atom is -0.355 e. The van der Waals surface area contributed by atoms with Gasteiger partial charge < -0.3 is 10.2 Å². The van der Waals surface area contributed by atoms with Gasteiger partial charge in [-0.3, -0.25) is 4.79 Å². The number of nitrogens with one attached hydrogen (secondary N) is 1. The topological polar surface area (TPSA) is 58.1 Å². The van der Waals surface area contributed by atoms with Gasteiger partial charge in [-0.2, -0.15) is 0 Å². The van der Waals surface area contributed by atoms with Crippen LogP contribution in [-0.2, 0) is 17.6 Å². The number of aromatic nitrogens is 2. The first kappa shape index (κ1) is 23.3. The molecule has 1 N–H and O–H groups in total. The second-order valence-electron chi connectivity index (χ2n) is 7.43. The van der Waals surface area contributed by atoms with E-state index in [0.717, 1.165) is 18.5 Å². The number of aryl methyl sites for hydroxylation is 1. The standard InChI is InChI=1S/C25H34N4O/c1-3-29(20-24(25(30)26-2)17-23-18-27-21-28-19-23)16-12-7-5-4-6-9-13-22-14-10-8-11-15-22/h3,8,10-11,14-15,18-21H,1,4-7,9,12-13,16-17H2,2H3,(H,26,30)/b24-20-. The molecular weight excluding hydrogens is 372 g/mol. The Bertz CT molecular complexity index is 774. The molecule has 2 rings (SSSR count). The van der Waals surface area contributed by atoms with Crippen LogP contribution in [-0.4, -0.2) is 34.4 Å². The number of hydrogen-bond donors (Lipinski definition) is 1. The molecule has 1 aromatic heterocycles. The zero-order valence-corrected chi connectivity index (χ0v) is 18.1. The molecule has 0 saturated carbocycles. The summed E-state index contributed by atoms with van der Waals surface area (Å²) in [7, 11) is 1.65. The zero-order chi connectivity index (χ0) is 21.4. The first-order chi connectivity index (χ1) is 14.7. The number of amides is 1. The molecule has 1 heterocycles. The Labute approximate surface area is 180 Å². The van der Waals surface area contributed by atoms with Crippen molar-refractivity contribution >= 4 is 5.91 Å². The lowest BCUT2D eigenvalue weighted by Crippen LogP contribution is -2.24. The first-order valence-corrected chi connectivity index (χ1v) is 10.8. The van der Waals surface area contributed by atoms with Crippen LogP contribution < -0.4 is 5.32 Å². The summed E-state index contributed by atoms with van der Waals surface area (Å²) in [5.74, 6) is -0.0934. The summed E-state index contributed by atoms with van der Waals surface area (Å²) < 4.78 is 0. The fourth-order valence-electron chi connectivity index (χ4n) is 3.37. The number of benzene rings is 1. The van der Waals surface area contributed by atoms with Gasteiger partial charge in [0, 0.05) is 44.2 Å². The molecule has 0 saturated heterocycles. The molecule has 160 valence electrons. The van der Waals surface area contributed by atoms with Gasteiger partial charge in [-0.15, -0.1) is 0 Å². The smallest absolute Gasteiger partial charge is 0.248 e. The Morgan fingerprint density at radius 1 is 1.00 bits per heavy atom. The average molecular weight is 407 g/mol. The highest BCUT2D eigenvalue weighted by atomic mass is 16.1. The van der Waals surface area contributed by atoms with Crippen LogP contribution in [0.2, 0.25) is 0 Å². The van der Waals surface area contributed by atoms with Crippen molar-refractivity contribution in [3.8, 4) is 0 Å². The number of carbonyl (C=O) groups excluding carboxylic acids is 1. The van der Waals surface area contributed by atoms with Crippen LogP contribution in [0.25, 0.3) is 0 Å². The highest BCUT2D eigenvalue weighted by molar-refractivity contribution is 5.93. The van der Waals surface area contributed by atoms with Crippen LogP contribution in [0.15, 0.2) is 73.6 Å². The SMILES string of the molecule is C=CN(/C=C(/Cc1cncnc1)C(=O)NC)CCCCCCCCc1ccccc1. The molecule has 0 aliphatic heterocycles. The van der Waals surface area contributed by atoms with Crippen LogP contribution in [0.1, 0.15) is 49.7 Å². The van der Waals surface area contributed by atoms with Crippen molar-refractivity contribution in [1.82, 2.24) is 20.2 Å². The highest BCUT2D eigenvalue weighted by Crippen LogP contribution is 2.12. The van der Waals surface area contributed by atoms with E-state index in [1.165, 1.54) is 50.4 Å². The van der Waals surface area contributed by atoms with E-state index in [4.69, 9.17) is 0 Å². The Kier molecular flexibility index (Phi) is 11.0. The fraction of sp³-hybridized carbons (Fsp3) is 0.400. The van der Waals surface area contributed by atoms with Gasteiger partial charge in [-0.05, 0) is 36.6 Å². The zero-order valence-electron chi connectivity index (χ0n) is 18.1. The van der Waals surface area contributed by atoms with Gasteiger partial charge in [0.1, 0.15) is 6.33 Å². The average Bonchev–Trinajstić information content (AvgIpc) is 2.80. The lowest BCUT2D eigenvalue weighted by molar-refractivity contribution is -0.117. The molecule has 0 bridgehead atoms. The molecule has 0 fully saturated rings. The molecule has 5 heteroatoms. The molecule has 0 atom stereocenters. The minimum atomic E-state index is -0.0934. The van der Waals surface area contributed by atoms with Crippen molar-refractivity contribution in [3.05, 3.63) is 84.7 Å². The van der Waals surface area contributed by atoms with Gasteiger partial charge in [0.15, 0.2) is 0 Å². The molecule has 5 nitrogen and oxygen atoms in total. The maximum atomic E-state index is 12.3. The number of hydrogen-bond acceptors (Lipinski definition) is 4. The van der Waals surface area contributed by atoms with Crippen molar-refractivity contribution < 1.29 is 4.79 Å². The molecule has 0 radical (unpaired) electrons. The summed E-state index contributed by atoms with van der Waals surface area (Å²) in [6, 6.07) is 10.7. The number of carbonyl (C=O) groups is 1. The van der Waals surface area contributed by atoms with Crippen LogP contribution in [0.4, 0.5) is 0 Å². The maximum absolute atomic E-state index is 12.3. The Morgan fingerprint density at radius 2 is 1.67 bits per heavy atom. The third-order valence-electron chi connectivity index (χ3n) is 5.06. The van der Waals surface area contributed by atoms with Crippen molar-refractivity contribution in [1.29, 1.82) is 0 Å². The van der Waals surface area contributed by atoms with E-state index >= 15 is 0 Å². The molecule has 2 aromatic rings. The largest absolute Gasteiger partial charge is 0.355 e. The molecule has 0 spiro atoms. The van der Waals surface area contributed by atoms with Crippen molar-refractivity contribution in [3.63, 3.8) is 0 Å². The van der Waals surface area contributed by atoms with E-state index in [0.29, 0.717) is 12.0 Å². The Hall–Kier alpha value is -2.95. The number of unbranched alkanes of at least 4 members (excludes halogenated alkanes) is 5. The van der Waals surface area contributed by atoms with Crippen molar-refractivity contribution in [2.75, 3.05) is 13.6 Å². The predicted molar refractivity (Wildman–Crippen MR) is 123 cm³/mol. The summed E-state index contributed by atoms with van der Waals surface area (Å²) in [5.41, 5.74) is 3.01. The number of nitrogens with zero attached hydrogens (tertiary/aromatic N) is 3. The van der Waals surface area contributed by atoms with E-state index < -0.39 is 0 Å². The van der Waals surface area contributed by atoms with Crippen molar-refractivity contribution in [2.45, 2.75) is 51.4 Å². The molecule has 1 amide bonds. The molecule has 30 heavy (non-hydrogen) atoms. The normalized spacial score (nSPS) is 11.2. The second kappa shape index (κ2) is 14.1. The van der Waals surface area contributed by atoms with Crippen LogP contribution in [0, 0.1) is 0 Å². The first-order valence-electron chi connectivity index (χ1n) is 10.8. The van der Waals surface area contributed by atoms with Crippen LogP contribution in [0.3, 0.4) is 0 Å². The van der Waals surface area contributed by atoms with E-state index in [1.807, 2.05) is 11.1 Å². The molecule has 0 aliphatic carbocycles. The third-order valence-corrected chi connectivity index (χ3v) is 5.06. The molecule has 0 aliphatic rings. The summed E-state index contributed by atoms with van der Waals surface area (Å²) in [4.78, 5) is 22.3. The minimum absolute atomic E-state index is 0.0934. The van der Waals surface area contributed by atoms with Gasteiger partial charge in [-0.1, -0.05) is 62.6 Å². The van der Waals surface area contributed by atoms with Gasteiger partial charge in [0.2, 0.25) is 5.91 Å². The van der Waals surface area contributed by atoms with Crippen LogP contribution >= 0.6 is 0 Å². The monoisotopic (exact) mass is 406 g/mol. The van der Waals surface area contributed by atoms with E-state index in [-0.39, 0.29) is 5.91 Å². The Morgan fingerprint density at radius 3 is 2.33 bits per heavy atom. The maximum Gasteiger partial charge on any atom is 0.248 e. The third kappa shape index (κ3) is 9.03. The van der Waals surface area contributed by atoms with Crippen molar-refractivity contribution in [2.24, 2.45) is 0 Å². The lowest BCUT2D eigenvalue weighted by Gasteiger charge is -2.17. The predicted octanol–water partition coefficient (Wildman–Crippen LogP) is 4.68. The summed E-state index contributed by atoms with van der Waals surface area (Å²) in [5, 5.41) is 2.71. The van der Waals surface area contributed by atoms with Gasteiger partial charge >= 0.3 is 0 Å². The Balaban J connectivity index is 1.69. The van der Waals surface area contributed by atoms with Gasteiger partial charge in [0.05, 0.1) is 0 Å². The van der Waals surface area contributed by atoms with Crippen LogP contribution in [0.5, 0.6) is 0 Å². The molecular formula is C25H34N4O. The number of rotatable bonds is 14. The summed E-state index contributed by atoms with van der Waals surface area (Å²) in [6.07, 6.45) is 17.6. The van der Waals surface area contributed by atoms with E-state index in [2.05, 4.69) is 52.2 Å². The lowest BCUT2D eigenvalue weighted by atomic mass is 10.0. The van der Waals surface area contributed by atoms with E-state index in [9.17, 15) is 4.79 Å². The van der Waals surface area contributed by atoms with Gasteiger partial charge in [-0.25, -0.2) is 9.97 Å². The second-order valence-corrected chi connectivity index (χ2v) is 7.43. The summed E-state index contributed by atoms with van der Waals surface area (Å²) in [6.45, 7) is 4.76. The van der Waals surface area contributed by atoms with Gasteiger partial charge in [0.25, 0.3) is 0 Å². The fourth-order valence-corrected chi connectivity index (χ4v) is 3.37.